The van der Waals surface area contributed by atoms with Crippen LogP contribution in [0.3, 0.4) is 0 Å². The number of hydrogen-bond donors (Lipinski definition) is 0. The topological polar surface area (TPSA) is 18.5 Å². The van der Waals surface area contributed by atoms with Crippen molar-refractivity contribution in [3.63, 3.8) is 0 Å². The molecule has 0 aliphatic carbocycles. The molecule has 27 heavy (non-hydrogen) atoms. The van der Waals surface area contributed by atoms with E-state index in [1.165, 1.54) is 11.1 Å². The van der Waals surface area contributed by atoms with E-state index in [0.29, 0.717) is 26.4 Å². The smallest absolute Gasteiger partial charge is 0.0717 e. The molecule has 2 nitrogen and oxygen atoms in total. The molecule has 0 aliphatic rings. The molecule has 0 unspecified atom stereocenters. The van der Waals surface area contributed by atoms with Crippen LogP contribution in [-0.2, 0) is 22.7 Å². The first-order valence-electron chi connectivity index (χ1n) is 9.40. The van der Waals surface area contributed by atoms with Crippen LogP contribution < -0.4 is 0 Å². The van der Waals surface area contributed by atoms with Gasteiger partial charge in [0.25, 0.3) is 0 Å². The van der Waals surface area contributed by atoms with Crippen LogP contribution in [0.1, 0.15) is 24.0 Å². The lowest BCUT2D eigenvalue weighted by Gasteiger charge is -2.31. The summed E-state index contributed by atoms with van der Waals surface area (Å²) in [6, 6.07) is 20.5. The van der Waals surface area contributed by atoms with Gasteiger partial charge in [0.2, 0.25) is 0 Å². The van der Waals surface area contributed by atoms with Crippen LogP contribution in [-0.4, -0.2) is 13.2 Å². The summed E-state index contributed by atoms with van der Waals surface area (Å²) in [6.07, 6.45) is 9.56. The predicted octanol–water partition coefficient (Wildman–Crippen LogP) is 6.11. The van der Waals surface area contributed by atoms with Gasteiger partial charge in [-0.05, 0) is 24.0 Å². The SMILES string of the molecule is C=C/C=C/CC(CC=C)(COCc1ccccc1)COCc1ccccc1. The first-order valence-corrected chi connectivity index (χ1v) is 9.40. The number of benzene rings is 2. The maximum Gasteiger partial charge on any atom is 0.0717 e. The molecule has 0 aliphatic heterocycles. The zero-order valence-electron chi connectivity index (χ0n) is 16.1. The number of allylic oxidation sites excluding steroid dienone is 4. The van der Waals surface area contributed by atoms with Crippen molar-refractivity contribution >= 4 is 0 Å². The third kappa shape index (κ3) is 7.78. The third-order valence-electron chi connectivity index (χ3n) is 4.44. The summed E-state index contributed by atoms with van der Waals surface area (Å²) in [5.74, 6) is 0. The molecular formula is C25H30O2. The lowest BCUT2D eigenvalue weighted by molar-refractivity contribution is -0.0304. The van der Waals surface area contributed by atoms with Gasteiger partial charge in [-0.15, -0.1) is 6.58 Å². The van der Waals surface area contributed by atoms with E-state index in [9.17, 15) is 0 Å². The van der Waals surface area contributed by atoms with Crippen molar-refractivity contribution < 1.29 is 9.47 Å². The van der Waals surface area contributed by atoms with E-state index in [1.807, 2.05) is 48.6 Å². The third-order valence-corrected chi connectivity index (χ3v) is 4.44. The number of ether oxygens (including phenoxy) is 2. The molecule has 0 saturated carbocycles. The largest absolute Gasteiger partial charge is 0.376 e. The molecule has 0 saturated heterocycles. The molecule has 0 atom stereocenters. The second-order valence-corrected chi connectivity index (χ2v) is 6.82. The second-order valence-electron chi connectivity index (χ2n) is 6.82. The Morgan fingerprint density at radius 3 is 1.70 bits per heavy atom. The molecule has 0 aromatic heterocycles. The molecule has 2 aromatic rings. The summed E-state index contributed by atoms with van der Waals surface area (Å²) in [5.41, 5.74) is 2.22. The van der Waals surface area contributed by atoms with E-state index in [2.05, 4.69) is 43.5 Å². The summed E-state index contributed by atoms with van der Waals surface area (Å²) in [6.45, 7) is 10.1. The molecule has 0 amide bonds. The van der Waals surface area contributed by atoms with Gasteiger partial charge in [-0.1, -0.05) is 91.5 Å². The molecule has 0 bridgehead atoms. The van der Waals surface area contributed by atoms with E-state index in [1.54, 1.807) is 6.08 Å². The van der Waals surface area contributed by atoms with Gasteiger partial charge < -0.3 is 9.47 Å². The van der Waals surface area contributed by atoms with Crippen LogP contribution in [0.5, 0.6) is 0 Å². The highest BCUT2D eigenvalue weighted by atomic mass is 16.5. The van der Waals surface area contributed by atoms with Crippen molar-refractivity contribution in [2.45, 2.75) is 26.1 Å². The first-order chi connectivity index (χ1) is 13.3. The fraction of sp³-hybridized carbons (Fsp3) is 0.280. The minimum Gasteiger partial charge on any atom is -0.376 e. The van der Waals surface area contributed by atoms with E-state index < -0.39 is 0 Å². The Hall–Kier alpha value is -2.42. The minimum absolute atomic E-state index is 0.134. The maximum atomic E-state index is 6.08. The normalized spacial score (nSPS) is 11.6. The number of hydrogen-bond acceptors (Lipinski definition) is 2. The van der Waals surface area contributed by atoms with Crippen molar-refractivity contribution in [1.29, 1.82) is 0 Å². The molecule has 2 rings (SSSR count). The highest BCUT2D eigenvalue weighted by molar-refractivity contribution is 5.14. The minimum atomic E-state index is -0.134. The summed E-state index contributed by atoms with van der Waals surface area (Å²) in [4.78, 5) is 0. The molecule has 0 N–H and O–H groups in total. The van der Waals surface area contributed by atoms with Gasteiger partial charge in [-0.25, -0.2) is 0 Å². The highest BCUT2D eigenvalue weighted by Gasteiger charge is 2.28. The predicted molar refractivity (Wildman–Crippen MR) is 113 cm³/mol. The van der Waals surface area contributed by atoms with Crippen LogP contribution >= 0.6 is 0 Å². The molecule has 2 heteroatoms. The second kappa shape index (κ2) is 12.1. The summed E-state index contributed by atoms with van der Waals surface area (Å²) in [7, 11) is 0. The maximum absolute atomic E-state index is 6.08. The van der Waals surface area contributed by atoms with E-state index in [0.717, 1.165) is 12.8 Å². The Labute approximate surface area is 163 Å². The Morgan fingerprint density at radius 1 is 0.741 bits per heavy atom. The van der Waals surface area contributed by atoms with E-state index in [4.69, 9.17) is 9.47 Å². The van der Waals surface area contributed by atoms with Gasteiger partial charge >= 0.3 is 0 Å². The van der Waals surface area contributed by atoms with Gasteiger partial charge in [0, 0.05) is 5.41 Å². The zero-order chi connectivity index (χ0) is 19.2. The number of rotatable bonds is 13. The summed E-state index contributed by atoms with van der Waals surface area (Å²) < 4.78 is 12.2. The average Bonchev–Trinajstić information content (AvgIpc) is 2.70. The lowest BCUT2D eigenvalue weighted by Crippen LogP contribution is -2.31. The van der Waals surface area contributed by atoms with Crippen molar-refractivity contribution in [3.8, 4) is 0 Å². The van der Waals surface area contributed by atoms with Gasteiger partial charge in [0.1, 0.15) is 0 Å². The molecular weight excluding hydrogens is 332 g/mol. The monoisotopic (exact) mass is 362 g/mol. The molecule has 142 valence electrons. The molecule has 0 radical (unpaired) electrons. The van der Waals surface area contributed by atoms with Gasteiger partial charge in [-0.3, -0.25) is 0 Å². The van der Waals surface area contributed by atoms with Crippen LogP contribution in [0.25, 0.3) is 0 Å². The van der Waals surface area contributed by atoms with Gasteiger partial charge in [-0.2, -0.15) is 0 Å². The van der Waals surface area contributed by atoms with Crippen LogP contribution in [0.4, 0.5) is 0 Å². The Bertz CT molecular complexity index is 643. The van der Waals surface area contributed by atoms with Crippen molar-refractivity contribution in [2.24, 2.45) is 5.41 Å². The van der Waals surface area contributed by atoms with Crippen LogP contribution in [0.2, 0.25) is 0 Å². The van der Waals surface area contributed by atoms with Gasteiger partial charge in [0.05, 0.1) is 26.4 Å². The van der Waals surface area contributed by atoms with Crippen LogP contribution in [0.15, 0.2) is 98.1 Å². The highest BCUT2D eigenvalue weighted by Crippen LogP contribution is 2.30. The quantitative estimate of drug-likeness (QED) is 0.316. The fourth-order valence-corrected chi connectivity index (χ4v) is 3.00. The van der Waals surface area contributed by atoms with E-state index in [-0.39, 0.29) is 5.41 Å². The summed E-state index contributed by atoms with van der Waals surface area (Å²) >= 11 is 0. The Balaban J connectivity index is 1.98. The Morgan fingerprint density at radius 2 is 1.26 bits per heavy atom. The summed E-state index contributed by atoms with van der Waals surface area (Å²) in [5, 5.41) is 0. The molecule has 0 fully saturated rings. The van der Waals surface area contributed by atoms with Crippen LogP contribution in [0, 0.1) is 5.41 Å². The average molecular weight is 363 g/mol. The van der Waals surface area contributed by atoms with E-state index >= 15 is 0 Å². The standard InChI is InChI=1S/C25H30O2/c1-3-5-12-18-25(17-4-2,21-26-19-23-13-8-6-9-14-23)22-27-20-24-15-10-7-11-16-24/h3-16H,1-2,17-22H2/b12-5+. The van der Waals surface area contributed by atoms with Crippen molar-refractivity contribution in [3.05, 3.63) is 109 Å². The first kappa shape index (κ1) is 20.9. The van der Waals surface area contributed by atoms with Crippen molar-refractivity contribution in [1.82, 2.24) is 0 Å². The fourth-order valence-electron chi connectivity index (χ4n) is 3.00. The molecule has 0 heterocycles. The Kier molecular flexibility index (Phi) is 9.33. The molecule has 2 aromatic carbocycles. The zero-order valence-corrected chi connectivity index (χ0v) is 16.1. The lowest BCUT2D eigenvalue weighted by atomic mass is 9.82. The molecule has 0 spiro atoms. The van der Waals surface area contributed by atoms with Crippen molar-refractivity contribution in [2.75, 3.05) is 13.2 Å². The van der Waals surface area contributed by atoms with Gasteiger partial charge in [0.15, 0.2) is 0 Å².